The summed E-state index contributed by atoms with van der Waals surface area (Å²) in [4.78, 5) is 16.8. The lowest BCUT2D eigenvalue weighted by molar-refractivity contribution is -0.00387. The number of ketones is 1. The monoisotopic (exact) mass is 581 g/mol. The number of carbonyl (C=O) groups excluding carboxylic acids is 1. The van der Waals surface area contributed by atoms with E-state index in [0.717, 1.165) is 44.8 Å². The summed E-state index contributed by atoms with van der Waals surface area (Å²) in [6.45, 7) is 6.68. The average molecular weight is 582 g/mol. The third-order valence-corrected chi connectivity index (χ3v) is 8.75. The predicted molar refractivity (Wildman–Crippen MR) is 165 cm³/mol. The smallest absolute Gasteiger partial charge is 0.204 e. The number of ether oxygens (including phenoxy) is 2. The lowest BCUT2D eigenvalue weighted by atomic mass is 9.94. The number of thiophene rings is 1. The van der Waals surface area contributed by atoms with Crippen molar-refractivity contribution in [3.05, 3.63) is 118 Å². The van der Waals surface area contributed by atoms with E-state index in [1.807, 2.05) is 72.8 Å². The molecule has 0 bridgehead atoms. The van der Waals surface area contributed by atoms with Crippen molar-refractivity contribution < 1.29 is 23.8 Å². The van der Waals surface area contributed by atoms with Gasteiger partial charge in [-0.2, -0.15) is 0 Å². The van der Waals surface area contributed by atoms with Gasteiger partial charge in [0.2, 0.25) is 5.78 Å². The van der Waals surface area contributed by atoms with Gasteiger partial charge >= 0.3 is 0 Å². The summed E-state index contributed by atoms with van der Waals surface area (Å²) in [7, 11) is 0. The maximum atomic E-state index is 14.1. The molecule has 5 nitrogen and oxygen atoms in total. The number of halogens is 1. The summed E-state index contributed by atoms with van der Waals surface area (Å²) >= 11 is 1.43. The number of aryl methyl sites for hydroxylation is 2. The zero-order valence-corrected chi connectivity index (χ0v) is 24.4. The summed E-state index contributed by atoms with van der Waals surface area (Å²) in [6.07, 6.45) is -0.226. The van der Waals surface area contributed by atoms with Crippen LogP contribution >= 0.6 is 11.3 Å². The van der Waals surface area contributed by atoms with E-state index < -0.39 is 0 Å². The number of hydrogen-bond acceptors (Lipinski definition) is 6. The minimum absolute atomic E-state index is 0.120. The number of aliphatic hydroxyl groups excluding tert-OH is 1. The van der Waals surface area contributed by atoms with Gasteiger partial charge in [0.05, 0.1) is 11.0 Å². The maximum Gasteiger partial charge on any atom is 0.204 e. The standard InChI is InChI=1S/C35H32FNO4S/c1-22-16-26(36)17-23(2)32(22)34(39)35-33(25-8-10-28(11-9-25)40-15-14-37-19-27(38)20-37)30-13-12-29(18-31(30)42-35)41-21-24-6-4-3-5-7-24/h3-13,16-18,27,38H,14-15,19-21H2,1-2H3. The fourth-order valence-electron chi connectivity index (χ4n) is 5.47. The Morgan fingerprint density at radius 3 is 2.31 bits per heavy atom. The molecule has 2 heterocycles. The molecule has 1 saturated heterocycles. The van der Waals surface area contributed by atoms with Crippen LogP contribution in [0.25, 0.3) is 21.2 Å². The first kappa shape index (κ1) is 28.1. The lowest BCUT2D eigenvalue weighted by Gasteiger charge is -2.35. The highest BCUT2D eigenvalue weighted by molar-refractivity contribution is 7.21. The molecule has 0 atom stereocenters. The van der Waals surface area contributed by atoms with Gasteiger partial charge < -0.3 is 14.6 Å². The van der Waals surface area contributed by atoms with Crippen molar-refractivity contribution >= 4 is 27.2 Å². The summed E-state index contributed by atoms with van der Waals surface area (Å²) in [6, 6.07) is 26.5. The highest BCUT2D eigenvalue weighted by Crippen LogP contribution is 2.42. The number of carbonyl (C=O) groups is 1. The van der Waals surface area contributed by atoms with Gasteiger partial charge in [-0.1, -0.05) is 42.5 Å². The van der Waals surface area contributed by atoms with E-state index in [1.165, 1.54) is 23.5 Å². The van der Waals surface area contributed by atoms with E-state index in [0.29, 0.717) is 47.9 Å². The van der Waals surface area contributed by atoms with Gasteiger partial charge in [-0.05, 0) is 78.6 Å². The first-order valence-electron chi connectivity index (χ1n) is 14.0. The average Bonchev–Trinajstić information content (AvgIpc) is 3.34. The number of hydrogen-bond donors (Lipinski definition) is 1. The Hall–Kier alpha value is -4.04. The van der Waals surface area contributed by atoms with Crippen molar-refractivity contribution in [1.29, 1.82) is 0 Å². The van der Waals surface area contributed by atoms with Gasteiger partial charge in [0, 0.05) is 40.8 Å². The molecule has 1 N–H and O–H groups in total. The minimum atomic E-state index is -0.348. The van der Waals surface area contributed by atoms with Crippen LogP contribution in [-0.4, -0.2) is 48.1 Å². The van der Waals surface area contributed by atoms with E-state index in [4.69, 9.17) is 9.47 Å². The number of rotatable bonds is 10. The van der Waals surface area contributed by atoms with Crippen LogP contribution in [0.15, 0.2) is 84.9 Å². The van der Waals surface area contributed by atoms with E-state index in [1.54, 1.807) is 13.8 Å². The molecule has 42 heavy (non-hydrogen) atoms. The topological polar surface area (TPSA) is 59.0 Å². The van der Waals surface area contributed by atoms with E-state index in [2.05, 4.69) is 4.90 Å². The summed E-state index contributed by atoms with van der Waals surface area (Å²) in [5.41, 5.74) is 4.59. The molecule has 0 amide bonds. The Kier molecular flexibility index (Phi) is 8.07. The van der Waals surface area contributed by atoms with Gasteiger partial charge in [-0.25, -0.2) is 4.39 Å². The zero-order chi connectivity index (χ0) is 29.2. The summed E-state index contributed by atoms with van der Waals surface area (Å²) in [5, 5.41) is 10.4. The van der Waals surface area contributed by atoms with Crippen molar-refractivity contribution in [3.63, 3.8) is 0 Å². The normalized spacial score (nSPS) is 13.7. The molecule has 0 radical (unpaired) electrons. The second-order valence-electron chi connectivity index (χ2n) is 10.8. The van der Waals surface area contributed by atoms with Crippen LogP contribution in [0.5, 0.6) is 11.5 Å². The number of β-amino-alcohol motifs (C(OH)–C–C–N with tert-alkyl or cyclic N) is 1. The molecule has 1 aliphatic heterocycles. The van der Waals surface area contributed by atoms with Crippen LogP contribution < -0.4 is 9.47 Å². The van der Waals surface area contributed by atoms with Crippen LogP contribution in [0.4, 0.5) is 4.39 Å². The molecule has 1 aliphatic rings. The van der Waals surface area contributed by atoms with Gasteiger partial charge in [-0.3, -0.25) is 9.69 Å². The van der Waals surface area contributed by atoms with Crippen LogP contribution in [0.2, 0.25) is 0 Å². The number of likely N-dealkylation sites (tertiary alicyclic amines) is 1. The van der Waals surface area contributed by atoms with E-state index >= 15 is 0 Å². The third-order valence-electron chi connectivity index (χ3n) is 7.60. The Morgan fingerprint density at radius 2 is 1.62 bits per heavy atom. The Labute approximate surface area is 248 Å². The Bertz CT molecular complexity index is 1700. The van der Waals surface area contributed by atoms with Crippen molar-refractivity contribution in [1.82, 2.24) is 4.90 Å². The minimum Gasteiger partial charge on any atom is -0.492 e. The van der Waals surface area contributed by atoms with Crippen LogP contribution in [0.1, 0.15) is 31.9 Å². The molecule has 0 aliphatic carbocycles. The van der Waals surface area contributed by atoms with Crippen LogP contribution in [0, 0.1) is 19.7 Å². The molecule has 5 aromatic rings. The first-order chi connectivity index (χ1) is 20.4. The summed E-state index contributed by atoms with van der Waals surface area (Å²) in [5.74, 6) is 1.00. The van der Waals surface area contributed by atoms with E-state index in [-0.39, 0.29) is 17.7 Å². The number of nitrogens with zero attached hydrogens (tertiary/aromatic N) is 1. The highest BCUT2D eigenvalue weighted by atomic mass is 32.1. The van der Waals surface area contributed by atoms with Crippen molar-refractivity contribution in [3.8, 4) is 22.6 Å². The molecular formula is C35H32FNO4S. The number of benzene rings is 4. The SMILES string of the molecule is Cc1cc(F)cc(C)c1C(=O)c1sc2cc(OCc3ccccc3)ccc2c1-c1ccc(OCCN2CC(O)C2)cc1. The Morgan fingerprint density at radius 1 is 0.929 bits per heavy atom. The lowest BCUT2D eigenvalue weighted by Crippen LogP contribution is -2.51. The molecule has 0 saturated carbocycles. The summed E-state index contributed by atoms with van der Waals surface area (Å²) < 4.78 is 27.0. The van der Waals surface area contributed by atoms with Gasteiger partial charge in [0.25, 0.3) is 0 Å². The zero-order valence-electron chi connectivity index (χ0n) is 23.6. The molecule has 0 spiro atoms. The van der Waals surface area contributed by atoms with Crippen molar-refractivity contribution in [2.75, 3.05) is 26.2 Å². The Balaban J connectivity index is 1.33. The largest absolute Gasteiger partial charge is 0.492 e. The third kappa shape index (κ3) is 5.95. The van der Waals surface area contributed by atoms with Gasteiger partial charge in [0.15, 0.2) is 0 Å². The van der Waals surface area contributed by atoms with Gasteiger partial charge in [0.1, 0.15) is 30.5 Å². The molecule has 1 fully saturated rings. The van der Waals surface area contributed by atoms with Crippen LogP contribution in [-0.2, 0) is 6.61 Å². The number of fused-ring (bicyclic) bond motifs is 1. The molecule has 7 heteroatoms. The van der Waals surface area contributed by atoms with Gasteiger partial charge in [-0.15, -0.1) is 11.3 Å². The van der Waals surface area contributed by atoms with Crippen molar-refractivity contribution in [2.45, 2.75) is 26.6 Å². The second-order valence-corrected chi connectivity index (χ2v) is 11.8. The maximum absolute atomic E-state index is 14.1. The van der Waals surface area contributed by atoms with Crippen molar-refractivity contribution in [2.24, 2.45) is 0 Å². The first-order valence-corrected chi connectivity index (χ1v) is 14.9. The number of aliphatic hydroxyl groups is 1. The molecule has 6 rings (SSSR count). The molecule has 4 aromatic carbocycles. The highest BCUT2D eigenvalue weighted by Gasteiger charge is 2.25. The molecular weight excluding hydrogens is 549 g/mol. The fraction of sp³-hybridized carbons (Fsp3) is 0.229. The molecule has 0 unspecified atom stereocenters. The molecule has 1 aromatic heterocycles. The second kappa shape index (κ2) is 12.1. The van der Waals surface area contributed by atoms with E-state index in [9.17, 15) is 14.3 Å². The quantitative estimate of drug-likeness (QED) is 0.177. The van der Waals surface area contributed by atoms with Crippen LogP contribution in [0.3, 0.4) is 0 Å². The fourth-order valence-corrected chi connectivity index (χ4v) is 6.67. The molecule has 214 valence electrons. The predicted octanol–water partition coefficient (Wildman–Crippen LogP) is 7.19.